The summed E-state index contributed by atoms with van der Waals surface area (Å²) in [7, 11) is -2.64. The SMILES string of the molecule is COC(Cc1ccccc1)N1c2sc(-c3ncco3)c(C)c2C(=O)N(CC(=O)O)S1(O)O. The number of benzene rings is 1. The fraction of sp³-hybridized carbons (Fsp3) is 0.250. The number of hydrogen-bond acceptors (Lipinski definition) is 9. The lowest BCUT2D eigenvalue weighted by Crippen LogP contribution is -2.53. The Bertz CT molecular complexity index is 1130. The number of rotatable bonds is 7. The van der Waals surface area contributed by atoms with E-state index in [0.29, 0.717) is 14.7 Å². The van der Waals surface area contributed by atoms with Gasteiger partial charge in [0.2, 0.25) is 5.89 Å². The van der Waals surface area contributed by atoms with E-state index in [2.05, 4.69) is 4.98 Å². The standard InChI is InChI=1S/C20H21N3O7S2/c1-12-16-19(26)22(11-15(24)25)32(27,28)23(14(29-2)10-13-6-4-3-5-7-13)20(16)31-17(12)18-21-8-9-30-18/h3-9,14,27-28H,10-11H2,1-2H3,(H,24,25). The molecular weight excluding hydrogens is 458 g/mol. The van der Waals surface area contributed by atoms with E-state index in [0.717, 1.165) is 16.9 Å². The number of ether oxygens (including phenoxy) is 1. The average molecular weight is 480 g/mol. The minimum absolute atomic E-state index is 0.158. The van der Waals surface area contributed by atoms with Gasteiger partial charge in [-0.3, -0.25) is 18.7 Å². The van der Waals surface area contributed by atoms with Crippen LogP contribution in [0.2, 0.25) is 0 Å². The molecule has 0 saturated carbocycles. The Hall–Kier alpha value is -2.90. The summed E-state index contributed by atoms with van der Waals surface area (Å²) in [5.41, 5.74) is 1.52. The number of carboxylic acids is 1. The maximum absolute atomic E-state index is 13.2. The number of amides is 1. The second kappa shape index (κ2) is 8.56. The van der Waals surface area contributed by atoms with E-state index in [-0.39, 0.29) is 22.9 Å². The average Bonchev–Trinajstić information content (AvgIpc) is 3.39. The third kappa shape index (κ3) is 3.76. The zero-order chi connectivity index (χ0) is 23.0. The highest BCUT2D eigenvalue weighted by Gasteiger charge is 2.48. The third-order valence-electron chi connectivity index (χ3n) is 5.02. The van der Waals surface area contributed by atoms with E-state index in [1.165, 1.54) is 23.9 Å². The second-order valence-corrected chi connectivity index (χ2v) is 9.82. The molecule has 3 N–H and O–H groups in total. The van der Waals surface area contributed by atoms with E-state index in [1.807, 2.05) is 30.3 Å². The van der Waals surface area contributed by atoms with Crippen molar-refractivity contribution >= 4 is 39.2 Å². The number of anilines is 1. The Morgan fingerprint density at radius 1 is 1.31 bits per heavy atom. The van der Waals surface area contributed by atoms with Crippen molar-refractivity contribution < 1.29 is 33.0 Å². The summed E-state index contributed by atoms with van der Waals surface area (Å²) in [6, 6.07) is 9.27. The first-order chi connectivity index (χ1) is 15.3. The maximum atomic E-state index is 13.2. The molecule has 3 heterocycles. The Labute approximate surface area is 189 Å². The molecule has 1 aliphatic rings. The largest absolute Gasteiger partial charge is 0.480 e. The highest BCUT2D eigenvalue weighted by Crippen LogP contribution is 2.60. The van der Waals surface area contributed by atoms with Crippen molar-refractivity contribution in [1.82, 2.24) is 9.29 Å². The normalized spacial score (nSPS) is 17.2. The predicted molar refractivity (Wildman–Crippen MR) is 119 cm³/mol. The van der Waals surface area contributed by atoms with Crippen LogP contribution in [-0.2, 0) is 16.0 Å². The first-order valence-corrected chi connectivity index (χ1v) is 11.7. The molecule has 4 rings (SSSR count). The van der Waals surface area contributed by atoms with Crippen LogP contribution in [0.3, 0.4) is 0 Å². The fourth-order valence-electron chi connectivity index (χ4n) is 3.55. The van der Waals surface area contributed by atoms with Crippen molar-refractivity contribution in [2.75, 3.05) is 18.0 Å². The summed E-state index contributed by atoms with van der Waals surface area (Å²) in [6.45, 7) is 0.794. The quantitative estimate of drug-likeness (QED) is 0.461. The molecule has 170 valence electrons. The van der Waals surface area contributed by atoms with Crippen LogP contribution in [0.1, 0.15) is 21.5 Å². The smallest absolute Gasteiger partial charge is 0.325 e. The van der Waals surface area contributed by atoms with E-state index in [1.54, 1.807) is 6.92 Å². The number of carbonyl (C=O) groups excluding carboxylic acids is 1. The van der Waals surface area contributed by atoms with Gasteiger partial charge in [-0.25, -0.2) is 13.6 Å². The molecule has 2 aromatic heterocycles. The van der Waals surface area contributed by atoms with Crippen LogP contribution in [0.15, 0.2) is 47.2 Å². The van der Waals surface area contributed by atoms with Crippen LogP contribution >= 0.6 is 22.3 Å². The summed E-state index contributed by atoms with van der Waals surface area (Å²) >= 11 is 1.10. The number of fused-ring (bicyclic) bond motifs is 1. The Kier molecular flexibility index (Phi) is 5.97. The zero-order valence-corrected chi connectivity index (χ0v) is 18.8. The summed E-state index contributed by atoms with van der Waals surface area (Å²) in [5.74, 6) is -1.90. The van der Waals surface area contributed by atoms with Gasteiger partial charge in [-0.05, 0) is 29.0 Å². The number of carboxylic acid groups (broad SMARTS) is 1. The van der Waals surface area contributed by atoms with E-state index >= 15 is 0 Å². The molecule has 1 atom stereocenters. The van der Waals surface area contributed by atoms with Crippen molar-refractivity contribution in [3.05, 3.63) is 59.5 Å². The number of hydrogen-bond donors (Lipinski definition) is 3. The van der Waals surface area contributed by atoms with Crippen molar-refractivity contribution in [2.45, 2.75) is 19.6 Å². The summed E-state index contributed by atoms with van der Waals surface area (Å²) in [6.07, 6.45) is 2.21. The van der Waals surface area contributed by atoms with Crippen LogP contribution in [0.4, 0.5) is 5.00 Å². The Balaban J connectivity index is 1.88. The Morgan fingerprint density at radius 3 is 2.62 bits per heavy atom. The van der Waals surface area contributed by atoms with Crippen molar-refractivity contribution in [1.29, 1.82) is 0 Å². The molecule has 0 saturated heterocycles. The van der Waals surface area contributed by atoms with Crippen molar-refractivity contribution in [3.63, 3.8) is 0 Å². The third-order valence-corrected chi connectivity index (χ3v) is 8.25. The molecule has 0 radical (unpaired) electrons. The second-order valence-electron chi connectivity index (χ2n) is 7.00. The van der Waals surface area contributed by atoms with Gasteiger partial charge in [0.25, 0.3) is 5.91 Å². The number of nitrogens with zero attached hydrogens (tertiary/aromatic N) is 3. The molecule has 3 aromatic rings. The van der Waals surface area contributed by atoms with Gasteiger partial charge in [-0.2, -0.15) is 0 Å². The molecule has 0 spiro atoms. The van der Waals surface area contributed by atoms with Gasteiger partial charge in [0, 0.05) is 13.5 Å². The molecule has 1 aromatic carbocycles. The molecule has 0 fully saturated rings. The van der Waals surface area contributed by atoms with Crippen LogP contribution in [0.25, 0.3) is 10.8 Å². The number of carbonyl (C=O) groups is 2. The summed E-state index contributed by atoms with van der Waals surface area (Å²) < 4.78 is 35.1. The van der Waals surface area contributed by atoms with Crippen LogP contribution in [-0.4, -0.2) is 55.3 Å². The van der Waals surface area contributed by atoms with Gasteiger partial charge in [0.05, 0.1) is 16.6 Å². The molecular formula is C20H21N3O7S2. The van der Waals surface area contributed by atoms with Gasteiger partial charge in [0.15, 0.2) is 6.23 Å². The maximum Gasteiger partial charge on any atom is 0.325 e. The van der Waals surface area contributed by atoms with Gasteiger partial charge in [0.1, 0.15) is 17.8 Å². The number of thiophene rings is 1. The number of aromatic nitrogens is 1. The summed E-state index contributed by atoms with van der Waals surface area (Å²) in [4.78, 5) is 29.4. The van der Waals surface area contributed by atoms with Crippen LogP contribution < -0.4 is 4.31 Å². The Morgan fingerprint density at radius 2 is 2.03 bits per heavy atom. The number of aliphatic carboxylic acids is 1. The number of oxazole rings is 1. The van der Waals surface area contributed by atoms with Gasteiger partial charge >= 0.3 is 5.97 Å². The van der Waals surface area contributed by atoms with E-state index < -0.39 is 35.6 Å². The molecule has 10 nitrogen and oxygen atoms in total. The van der Waals surface area contributed by atoms with E-state index in [4.69, 9.17) is 9.15 Å². The molecule has 32 heavy (non-hydrogen) atoms. The molecule has 0 bridgehead atoms. The highest BCUT2D eigenvalue weighted by atomic mass is 32.3. The lowest BCUT2D eigenvalue weighted by atomic mass is 10.1. The molecule has 1 aliphatic heterocycles. The lowest BCUT2D eigenvalue weighted by Gasteiger charge is -2.53. The zero-order valence-electron chi connectivity index (χ0n) is 17.2. The van der Waals surface area contributed by atoms with Gasteiger partial charge in [-0.1, -0.05) is 30.3 Å². The molecule has 1 unspecified atom stereocenters. The first-order valence-electron chi connectivity index (χ1n) is 9.47. The van der Waals surface area contributed by atoms with Gasteiger partial charge in [-0.15, -0.1) is 11.3 Å². The van der Waals surface area contributed by atoms with Crippen LogP contribution in [0, 0.1) is 6.92 Å². The van der Waals surface area contributed by atoms with Crippen molar-refractivity contribution in [3.8, 4) is 10.8 Å². The molecule has 0 aliphatic carbocycles. The lowest BCUT2D eigenvalue weighted by molar-refractivity contribution is -0.137. The topological polar surface area (TPSA) is 137 Å². The number of methoxy groups -OCH3 is 1. The molecule has 1 amide bonds. The van der Waals surface area contributed by atoms with E-state index in [9.17, 15) is 23.8 Å². The fourth-order valence-corrected chi connectivity index (χ4v) is 6.74. The van der Waals surface area contributed by atoms with Crippen LogP contribution in [0.5, 0.6) is 0 Å². The minimum atomic E-state index is -4.05. The summed E-state index contributed by atoms with van der Waals surface area (Å²) in [5, 5.41) is 9.59. The highest BCUT2D eigenvalue weighted by molar-refractivity contribution is 8.24. The van der Waals surface area contributed by atoms with Crippen molar-refractivity contribution in [2.24, 2.45) is 0 Å². The minimum Gasteiger partial charge on any atom is -0.480 e. The molecule has 12 heteroatoms. The predicted octanol–water partition coefficient (Wildman–Crippen LogP) is 3.85. The monoisotopic (exact) mass is 479 g/mol. The first kappa shape index (κ1) is 22.3. The van der Waals surface area contributed by atoms with Gasteiger partial charge < -0.3 is 14.3 Å².